The number of hydrogen-bond donors (Lipinski definition) is 1. The van der Waals surface area contributed by atoms with Crippen LogP contribution in [0.5, 0.6) is 0 Å². The summed E-state index contributed by atoms with van der Waals surface area (Å²) in [6, 6.07) is 12.4. The molecule has 5 nitrogen and oxygen atoms in total. The third-order valence-corrected chi connectivity index (χ3v) is 3.70. The Balaban J connectivity index is 1.84. The van der Waals surface area contributed by atoms with E-state index in [0.29, 0.717) is 5.56 Å². The van der Waals surface area contributed by atoms with E-state index >= 15 is 0 Å². The molecule has 1 amide bonds. The van der Waals surface area contributed by atoms with Crippen LogP contribution >= 0.6 is 0 Å². The molecule has 6 heteroatoms. The van der Waals surface area contributed by atoms with Crippen LogP contribution in [0.4, 0.5) is 10.1 Å². The first-order valence-electron chi connectivity index (χ1n) is 7.86. The van der Waals surface area contributed by atoms with Crippen LogP contribution in [0.2, 0.25) is 0 Å². The largest absolute Gasteiger partial charge is 0.452 e. The second kappa shape index (κ2) is 8.28. The van der Waals surface area contributed by atoms with Crippen LogP contribution in [0.15, 0.2) is 48.5 Å². The summed E-state index contributed by atoms with van der Waals surface area (Å²) in [5.41, 5.74) is 2.10. The minimum Gasteiger partial charge on any atom is -0.452 e. The monoisotopic (exact) mass is 344 g/mol. The molecule has 132 valence electrons. The quantitative estimate of drug-likeness (QED) is 0.819. The second-order valence-electron chi connectivity index (χ2n) is 5.86. The van der Waals surface area contributed by atoms with Gasteiger partial charge < -0.3 is 15.0 Å². The molecule has 0 radical (unpaired) electrons. The summed E-state index contributed by atoms with van der Waals surface area (Å²) in [5.74, 6) is -1.32. The number of nitrogens with one attached hydrogen (secondary N) is 1. The molecule has 2 aromatic rings. The smallest absolute Gasteiger partial charge is 0.338 e. The van der Waals surface area contributed by atoms with Gasteiger partial charge in [-0.3, -0.25) is 4.79 Å². The number of rotatable bonds is 6. The molecule has 0 saturated heterocycles. The zero-order valence-electron chi connectivity index (χ0n) is 14.5. The van der Waals surface area contributed by atoms with Gasteiger partial charge in [0, 0.05) is 19.8 Å². The van der Waals surface area contributed by atoms with Crippen LogP contribution in [-0.4, -0.2) is 32.6 Å². The maximum absolute atomic E-state index is 12.9. The minimum absolute atomic E-state index is 0.314. The number of esters is 1. The van der Waals surface area contributed by atoms with Gasteiger partial charge in [0.2, 0.25) is 0 Å². The lowest BCUT2D eigenvalue weighted by Crippen LogP contribution is -2.31. The van der Waals surface area contributed by atoms with Crippen molar-refractivity contribution >= 4 is 17.6 Å². The van der Waals surface area contributed by atoms with Crippen molar-refractivity contribution in [1.82, 2.24) is 5.32 Å². The molecule has 0 aliphatic rings. The van der Waals surface area contributed by atoms with E-state index in [1.165, 1.54) is 12.1 Å². The van der Waals surface area contributed by atoms with Gasteiger partial charge in [-0.2, -0.15) is 0 Å². The highest BCUT2D eigenvalue weighted by atomic mass is 19.1. The summed E-state index contributed by atoms with van der Waals surface area (Å²) in [4.78, 5) is 25.8. The maximum Gasteiger partial charge on any atom is 0.338 e. The molecular weight excluding hydrogens is 323 g/mol. The molecule has 25 heavy (non-hydrogen) atoms. The zero-order valence-corrected chi connectivity index (χ0v) is 14.5. The average Bonchev–Trinajstić information content (AvgIpc) is 2.60. The Morgan fingerprint density at radius 1 is 1.08 bits per heavy atom. The van der Waals surface area contributed by atoms with Crippen molar-refractivity contribution in [2.75, 3.05) is 25.6 Å². The molecule has 0 spiro atoms. The van der Waals surface area contributed by atoms with Gasteiger partial charge in [0.05, 0.1) is 11.6 Å². The van der Waals surface area contributed by atoms with Crippen molar-refractivity contribution in [2.45, 2.75) is 13.0 Å². The molecule has 1 atom stereocenters. The standard InChI is InChI=1S/C19H21FN2O3/c1-13(14-4-8-16(20)9-5-14)21-18(23)12-25-19(24)15-6-10-17(11-7-15)22(2)3/h4-11,13H,12H2,1-3H3,(H,21,23)/t13-/m1/s1. The third-order valence-electron chi connectivity index (χ3n) is 3.70. The fourth-order valence-corrected chi connectivity index (χ4v) is 2.23. The normalized spacial score (nSPS) is 11.5. The predicted molar refractivity (Wildman–Crippen MR) is 94.0 cm³/mol. The lowest BCUT2D eigenvalue weighted by atomic mass is 10.1. The molecule has 0 aliphatic carbocycles. The molecule has 0 fully saturated rings. The summed E-state index contributed by atoms with van der Waals surface area (Å²) in [6.45, 7) is 1.40. The van der Waals surface area contributed by atoms with Crippen molar-refractivity contribution < 1.29 is 18.7 Å². The Labute approximate surface area is 146 Å². The van der Waals surface area contributed by atoms with Crippen LogP contribution < -0.4 is 10.2 Å². The number of amides is 1. The summed E-state index contributed by atoms with van der Waals surface area (Å²) in [7, 11) is 3.81. The van der Waals surface area contributed by atoms with E-state index in [9.17, 15) is 14.0 Å². The average molecular weight is 344 g/mol. The molecule has 0 heterocycles. The van der Waals surface area contributed by atoms with E-state index in [4.69, 9.17) is 4.74 Å². The van der Waals surface area contributed by atoms with E-state index in [0.717, 1.165) is 11.3 Å². The topological polar surface area (TPSA) is 58.6 Å². The Morgan fingerprint density at radius 2 is 1.68 bits per heavy atom. The van der Waals surface area contributed by atoms with Crippen molar-refractivity contribution in [1.29, 1.82) is 0 Å². The molecule has 0 bridgehead atoms. The van der Waals surface area contributed by atoms with Crippen molar-refractivity contribution in [2.24, 2.45) is 0 Å². The van der Waals surface area contributed by atoms with E-state index in [2.05, 4.69) is 5.32 Å². The van der Waals surface area contributed by atoms with E-state index < -0.39 is 11.9 Å². The highest BCUT2D eigenvalue weighted by Gasteiger charge is 2.13. The Bertz CT molecular complexity index is 727. The lowest BCUT2D eigenvalue weighted by Gasteiger charge is -2.15. The molecular formula is C19H21FN2O3. The number of carbonyl (C=O) groups excluding carboxylic acids is 2. The fraction of sp³-hybridized carbons (Fsp3) is 0.263. The summed E-state index contributed by atoms with van der Waals surface area (Å²) >= 11 is 0. The molecule has 2 aromatic carbocycles. The number of anilines is 1. The number of halogens is 1. The van der Waals surface area contributed by atoms with Gasteiger partial charge in [-0.05, 0) is 48.9 Å². The summed E-state index contributed by atoms with van der Waals surface area (Å²) in [6.07, 6.45) is 0. The van der Waals surface area contributed by atoms with Gasteiger partial charge in [0.1, 0.15) is 5.82 Å². The number of carbonyl (C=O) groups is 2. The molecule has 0 saturated carbocycles. The molecule has 2 rings (SSSR count). The molecule has 0 unspecified atom stereocenters. The van der Waals surface area contributed by atoms with E-state index in [-0.39, 0.29) is 18.5 Å². The first-order valence-corrected chi connectivity index (χ1v) is 7.86. The fourth-order valence-electron chi connectivity index (χ4n) is 2.23. The molecule has 0 aromatic heterocycles. The van der Waals surface area contributed by atoms with Gasteiger partial charge in [-0.15, -0.1) is 0 Å². The number of ether oxygens (including phenoxy) is 1. The third kappa shape index (κ3) is 5.31. The van der Waals surface area contributed by atoms with Crippen molar-refractivity contribution in [3.8, 4) is 0 Å². The van der Waals surface area contributed by atoms with Gasteiger partial charge in [-0.25, -0.2) is 9.18 Å². The van der Waals surface area contributed by atoms with Crippen molar-refractivity contribution in [3.63, 3.8) is 0 Å². The van der Waals surface area contributed by atoms with Crippen LogP contribution in [-0.2, 0) is 9.53 Å². The zero-order chi connectivity index (χ0) is 18.4. The Hall–Kier alpha value is -2.89. The molecule has 0 aliphatic heterocycles. The van der Waals surface area contributed by atoms with Crippen LogP contribution in [0, 0.1) is 5.82 Å². The Morgan fingerprint density at radius 3 is 2.24 bits per heavy atom. The summed E-state index contributed by atoms with van der Waals surface area (Å²) in [5, 5.41) is 2.70. The minimum atomic E-state index is -0.560. The van der Waals surface area contributed by atoms with Gasteiger partial charge in [0.15, 0.2) is 6.61 Å². The number of hydrogen-bond acceptors (Lipinski definition) is 4. The van der Waals surface area contributed by atoms with Gasteiger partial charge in [-0.1, -0.05) is 12.1 Å². The van der Waals surface area contributed by atoms with Crippen LogP contribution in [0.1, 0.15) is 28.9 Å². The van der Waals surface area contributed by atoms with Gasteiger partial charge in [0.25, 0.3) is 5.91 Å². The summed E-state index contributed by atoms with van der Waals surface area (Å²) < 4.78 is 17.9. The lowest BCUT2D eigenvalue weighted by molar-refractivity contribution is -0.124. The Kier molecular flexibility index (Phi) is 6.11. The molecule has 1 N–H and O–H groups in total. The van der Waals surface area contributed by atoms with E-state index in [1.807, 2.05) is 19.0 Å². The van der Waals surface area contributed by atoms with Gasteiger partial charge >= 0.3 is 5.97 Å². The number of benzene rings is 2. The maximum atomic E-state index is 12.9. The number of nitrogens with zero attached hydrogens (tertiary/aromatic N) is 1. The SMILES string of the molecule is C[C@@H](NC(=O)COC(=O)c1ccc(N(C)C)cc1)c1ccc(F)cc1. The highest BCUT2D eigenvalue weighted by Crippen LogP contribution is 2.14. The van der Waals surface area contributed by atoms with Crippen LogP contribution in [0.3, 0.4) is 0 Å². The first kappa shape index (κ1) is 18.4. The predicted octanol–water partition coefficient (Wildman–Crippen LogP) is 2.93. The van der Waals surface area contributed by atoms with E-state index in [1.54, 1.807) is 43.3 Å². The van der Waals surface area contributed by atoms with Crippen LogP contribution in [0.25, 0.3) is 0 Å². The highest BCUT2D eigenvalue weighted by molar-refractivity contribution is 5.91. The van der Waals surface area contributed by atoms with Crippen molar-refractivity contribution in [3.05, 3.63) is 65.5 Å². The first-order chi connectivity index (χ1) is 11.9. The second-order valence-corrected chi connectivity index (χ2v) is 5.86.